The van der Waals surface area contributed by atoms with E-state index in [1.807, 2.05) is 13.8 Å². The molecule has 1 aromatic carbocycles. The molecule has 1 aliphatic heterocycles. The number of nitrogens with one attached hydrogen (secondary N) is 2. The molecule has 0 unspecified atom stereocenters. The van der Waals surface area contributed by atoms with Gasteiger partial charge < -0.3 is 39.5 Å². The second-order valence-electron chi connectivity index (χ2n) is 13.3. The molecule has 2 aliphatic rings. The largest absolute Gasteiger partial charge is 0.490 e. The van der Waals surface area contributed by atoms with Crippen LogP contribution in [0.25, 0.3) is 0 Å². The first-order valence-electron chi connectivity index (χ1n) is 17.1. The Morgan fingerprint density at radius 1 is 1.09 bits per heavy atom. The van der Waals surface area contributed by atoms with Gasteiger partial charge in [0, 0.05) is 44.3 Å². The highest BCUT2D eigenvalue weighted by atomic mass is 16.5. The van der Waals surface area contributed by atoms with E-state index in [2.05, 4.69) is 15.8 Å². The van der Waals surface area contributed by atoms with Gasteiger partial charge in [0.1, 0.15) is 17.1 Å². The predicted octanol–water partition coefficient (Wildman–Crippen LogP) is 5.77. The quantitative estimate of drug-likeness (QED) is 0.341. The summed E-state index contributed by atoms with van der Waals surface area (Å²) >= 11 is 0. The molecule has 0 spiro atoms. The van der Waals surface area contributed by atoms with E-state index in [9.17, 15) is 19.5 Å². The number of ether oxygens (including phenoxy) is 2. The lowest BCUT2D eigenvalue weighted by atomic mass is 9.88. The minimum absolute atomic E-state index is 0.0241. The second kappa shape index (κ2) is 17.0. The summed E-state index contributed by atoms with van der Waals surface area (Å²) in [6, 6.07) is 4.41. The van der Waals surface area contributed by atoms with Gasteiger partial charge in [0.05, 0.1) is 30.4 Å². The fraction of sp³-hybridized carbons (Fsp3) is 0.657. The summed E-state index contributed by atoms with van der Waals surface area (Å²) in [5.41, 5.74) is 2.01. The first kappa shape index (κ1) is 36.2. The van der Waals surface area contributed by atoms with E-state index in [0.29, 0.717) is 40.7 Å². The molecule has 260 valence electrons. The smallest absolute Gasteiger partial charge is 0.321 e. The Bertz CT molecular complexity index is 1340. The Morgan fingerprint density at radius 3 is 2.49 bits per heavy atom. The van der Waals surface area contributed by atoms with Crippen LogP contribution in [0.15, 0.2) is 22.7 Å². The molecule has 0 saturated heterocycles. The lowest BCUT2D eigenvalue weighted by molar-refractivity contribution is -0.120. The zero-order valence-electron chi connectivity index (χ0n) is 28.8. The van der Waals surface area contributed by atoms with Gasteiger partial charge in [-0.2, -0.15) is 0 Å². The molecule has 12 nitrogen and oxygen atoms in total. The third kappa shape index (κ3) is 9.70. The van der Waals surface area contributed by atoms with E-state index in [4.69, 9.17) is 14.0 Å². The van der Waals surface area contributed by atoms with Gasteiger partial charge in [-0.1, -0.05) is 31.3 Å². The number of benzene rings is 1. The maximum Gasteiger partial charge on any atom is 0.321 e. The number of nitrogens with zero attached hydrogens (tertiary/aromatic N) is 3. The molecule has 1 saturated carbocycles. The lowest BCUT2D eigenvalue weighted by Gasteiger charge is -2.35. The highest BCUT2D eigenvalue weighted by molar-refractivity contribution is 6.00. The first-order chi connectivity index (χ1) is 22.5. The van der Waals surface area contributed by atoms with E-state index < -0.39 is 12.1 Å². The molecule has 4 amide bonds. The summed E-state index contributed by atoms with van der Waals surface area (Å²) < 4.78 is 17.9. The molecule has 3 N–H and O–H groups in total. The monoisotopic (exact) mass is 655 g/mol. The van der Waals surface area contributed by atoms with Crippen molar-refractivity contribution in [3.05, 3.63) is 35.2 Å². The Labute approximate surface area is 278 Å². The van der Waals surface area contributed by atoms with Crippen LogP contribution >= 0.6 is 0 Å². The van der Waals surface area contributed by atoms with Crippen LogP contribution in [0.3, 0.4) is 0 Å². The van der Waals surface area contributed by atoms with Gasteiger partial charge in [0.25, 0.3) is 5.91 Å². The first-order valence-corrected chi connectivity index (χ1v) is 17.1. The number of amides is 4. The number of anilines is 2. The van der Waals surface area contributed by atoms with Crippen LogP contribution < -0.4 is 15.4 Å². The van der Waals surface area contributed by atoms with Crippen molar-refractivity contribution in [3.63, 3.8) is 0 Å². The molecular weight excluding hydrogens is 602 g/mol. The number of aryl methyl sites for hydroxylation is 2. The van der Waals surface area contributed by atoms with E-state index in [1.54, 1.807) is 55.8 Å². The summed E-state index contributed by atoms with van der Waals surface area (Å²) in [5.74, 6) is 0.398. The topological polar surface area (TPSA) is 146 Å². The van der Waals surface area contributed by atoms with Crippen LogP contribution in [0.2, 0.25) is 0 Å². The van der Waals surface area contributed by atoms with Crippen LogP contribution in [0.4, 0.5) is 16.2 Å². The highest BCUT2D eigenvalue weighted by Gasteiger charge is 2.31. The normalized spacial score (nSPS) is 22.4. The van der Waals surface area contributed by atoms with E-state index in [0.717, 1.165) is 51.4 Å². The van der Waals surface area contributed by atoms with Crippen LogP contribution in [-0.4, -0.2) is 89.5 Å². The third-order valence-electron chi connectivity index (χ3n) is 9.36. The molecular formula is C35H53N5O7. The van der Waals surface area contributed by atoms with Crippen molar-refractivity contribution in [3.8, 4) is 5.75 Å². The van der Waals surface area contributed by atoms with Gasteiger partial charge in [-0.25, -0.2) is 4.79 Å². The van der Waals surface area contributed by atoms with Crippen molar-refractivity contribution in [2.24, 2.45) is 11.8 Å². The molecule has 1 fully saturated rings. The molecule has 1 aromatic heterocycles. The van der Waals surface area contributed by atoms with Crippen molar-refractivity contribution in [2.45, 2.75) is 104 Å². The van der Waals surface area contributed by atoms with Gasteiger partial charge in [0.2, 0.25) is 5.91 Å². The number of hydrogen-bond acceptors (Lipinski definition) is 8. The Morgan fingerprint density at radius 2 is 1.81 bits per heavy atom. The Kier molecular flexibility index (Phi) is 13.1. The molecule has 47 heavy (non-hydrogen) atoms. The maximum atomic E-state index is 14.4. The van der Waals surface area contributed by atoms with Crippen LogP contribution in [0.5, 0.6) is 5.75 Å². The number of aliphatic hydroxyl groups excluding tert-OH is 1. The average molecular weight is 656 g/mol. The molecule has 0 radical (unpaired) electrons. The number of fused-ring (bicyclic) bond motifs is 1. The van der Waals surface area contributed by atoms with Crippen molar-refractivity contribution in [1.82, 2.24) is 15.0 Å². The molecule has 0 bridgehead atoms. The van der Waals surface area contributed by atoms with Crippen molar-refractivity contribution in [1.29, 1.82) is 0 Å². The highest BCUT2D eigenvalue weighted by Crippen LogP contribution is 2.30. The fourth-order valence-electron chi connectivity index (χ4n) is 6.29. The Hall–Kier alpha value is -3.64. The summed E-state index contributed by atoms with van der Waals surface area (Å²) in [6.07, 6.45) is 6.86. The van der Waals surface area contributed by atoms with Crippen molar-refractivity contribution in [2.75, 3.05) is 44.0 Å². The molecule has 4 rings (SSSR count). The van der Waals surface area contributed by atoms with Crippen LogP contribution in [-0.2, 0) is 9.53 Å². The molecule has 2 heterocycles. The van der Waals surface area contributed by atoms with Crippen molar-refractivity contribution < 1.29 is 33.5 Å². The standard InChI is InChI=1S/C35H53N5O7/c1-22-19-40(23(2)21-41)34(43)29-18-28(36-33(42)27-13-8-7-9-14-27)15-16-30(29)46-24(3)12-10-11-17-45-31(22)20-39(6)35(44)37-32-25(4)38-47-26(32)5/h15-16,18,22-24,27,31,41H,7-14,17,19-21H2,1-6H3,(H,36,42)(H,37,44)/t22-,23-,24+,31+/m0/s1. The summed E-state index contributed by atoms with van der Waals surface area (Å²) in [7, 11) is 1.70. The summed E-state index contributed by atoms with van der Waals surface area (Å²) in [4.78, 5) is 43.8. The third-order valence-corrected chi connectivity index (χ3v) is 9.36. The van der Waals surface area contributed by atoms with Crippen molar-refractivity contribution >= 4 is 29.2 Å². The van der Waals surface area contributed by atoms with E-state index >= 15 is 0 Å². The number of urea groups is 1. The zero-order valence-corrected chi connectivity index (χ0v) is 28.8. The van der Waals surface area contributed by atoms with E-state index in [-0.39, 0.29) is 55.5 Å². The lowest BCUT2D eigenvalue weighted by Crippen LogP contribution is -2.48. The number of aliphatic hydroxyl groups is 1. The maximum absolute atomic E-state index is 14.4. The zero-order chi connectivity index (χ0) is 34.1. The minimum Gasteiger partial charge on any atom is -0.490 e. The number of hydrogen-bond donors (Lipinski definition) is 3. The van der Waals surface area contributed by atoms with Crippen LogP contribution in [0, 0.1) is 25.7 Å². The fourth-order valence-corrected chi connectivity index (χ4v) is 6.29. The Balaban J connectivity index is 1.58. The number of likely N-dealkylation sites (N-methyl/N-ethyl adjacent to an activating group) is 1. The minimum atomic E-state index is -0.509. The molecule has 4 atom stereocenters. The van der Waals surface area contributed by atoms with Crippen LogP contribution in [0.1, 0.15) is 93.9 Å². The number of carbonyl (C=O) groups is 3. The average Bonchev–Trinajstić information content (AvgIpc) is 3.38. The second-order valence-corrected chi connectivity index (χ2v) is 13.3. The molecule has 12 heteroatoms. The van der Waals surface area contributed by atoms with Gasteiger partial charge in [0.15, 0.2) is 5.76 Å². The summed E-state index contributed by atoms with van der Waals surface area (Å²) in [5, 5.41) is 20.1. The van der Waals surface area contributed by atoms with E-state index in [1.165, 1.54) is 0 Å². The van der Waals surface area contributed by atoms with Gasteiger partial charge >= 0.3 is 6.03 Å². The number of aromatic nitrogens is 1. The summed E-state index contributed by atoms with van der Waals surface area (Å²) in [6.45, 7) is 10.1. The number of rotatable bonds is 7. The molecule has 2 aromatic rings. The SMILES string of the molecule is Cc1noc(C)c1NC(=O)N(C)C[C@H]1OCCCC[C@@H](C)Oc2ccc(NC(=O)C3CCCCC3)cc2C(=O)N([C@@H](C)CO)C[C@@H]1C. The number of carbonyl (C=O) groups excluding carboxylic acids is 3. The van der Waals surface area contributed by atoms with Gasteiger partial charge in [-0.15, -0.1) is 0 Å². The molecule has 1 aliphatic carbocycles. The predicted molar refractivity (Wildman–Crippen MR) is 180 cm³/mol. The van der Waals surface area contributed by atoms with Gasteiger partial charge in [-0.3, -0.25) is 9.59 Å². The van der Waals surface area contributed by atoms with Gasteiger partial charge in [-0.05, 0) is 78.0 Å².